The van der Waals surface area contributed by atoms with E-state index in [0.29, 0.717) is 6.61 Å². The van der Waals surface area contributed by atoms with Crippen LogP contribution in [0.4, 0.5) is 0 Å². The second kappa shape index (κ2) is 5.37. The van der Waals surface area contributed by atoms with Gasteiger partial charge in [0.25, 0.3) is 0 Å². The van der Waals surface area contributed by atoms with Gasteiger partial charge in [-0.1, -0.05) is 18.9 Å². The van der Waals surface area contributed by atoms with Gasteiger partial charge in [-0.2, -0.15) is 0 Å². The number of imidazole rings is 1. The molecule has 102 valence electrons. The van der Waals surface area contributed by atoms with Crippen LogP contribution < -0.4 is 4.74 Å². The van der Waals surface area contributed by atoms with Crippen molar-refractivity contribution in [1.29, 1.82) is 0 Å². The fraction of sp³-hybridized carbons (Fsp3) is 0.533. The lowest BCUT2D eigenvalue weighted by Crippen LogP contribution is -1.98. The highest BCUT2D eigenvalue weighted by molar-refractivity contribution is 7.71. The molecule has 0 radical (unpaired) electrons. The molecule has 3 rings (SSSR count). The number of benzene rings is 1. The van der Waals surface area contributed by atoms with Crippen LogP contribution in [0.5, 0.6) is 5.75 Å². The predicted molar refractivity (Wildman–Crippen MR) is 80.2 cm³/mol. The molecule has 0 atom stereocenters. The Morgan fingerprint density at radius 1 is 1.42 bits per heavy atom. The minimum absolute atomic E-state index is 0.673. The van der Waals surface area contributed by atoms with E-state index in [2.05, 4.69) is 15.6 Å². The fourth-order valence-corrected chi connectivity index (χ4v) is 2.89. The maximum absolute atomic E-state index is 5.65. The molecule has 1 aliphatic rings. The number of hydrogen-bond donors (Lipinski definition) is 1. The van der Waals surface area contributed by atoms with Gasteiger partial charge in [0.1, 0.15) is 11.3 Å². The fourth-order valence-electron chi connectivity index (χ4n) is 2.60. The van der Waals surface area contributed by atoms with E-state index >= 15 is 0 Å². The highest BCUT2D eigenvalue weighted by Crippen LogP contribution is 2.34. The van der Waals surface area contributed by atoms with Gasteiger partial charge in [0.05, 0.1) is 12.1 Å². The summed E-state index contributed by atoms with van der Waals surface area (Å²) in [6, 6.07) is 6.14. The largest absolute Gasteiger partial charge is 0.492 e. The summed E-state index contributed by atoms with van der Waals surface area (Å²) in [5.74, 6) is 1.88. The smallest absolute Gasteiger partial charge is 0.178 e. The molecule has 1 aliphatic carbocycles. The van der Waals surface area contributed by atoms with Crippen LogP contribution in [0.2, 0.25) is 0 Å². The molecule has 0 spiro atoms. The van der Waals surface area contributed by atoms with Gasteiger partial charge in [-0.3, -0.25) is 0 Å². The Hall–Kier alpha value is -1.29. The maximum Gasteiger partial charge on any atom is 0.178 e. The van der Waals surface area contributed by atoms with Gasteiger partial charge < -0.3 is 14.3 Å². The van der Waals surface area contributed by atoms with Gasteiger partial charge in [0.2, 0.25) is 0 Å². The van der Waals surface area contributed by atoms with Crippen molar-refractivity contribution in [2.45, 2.75) is 39.2 Å². The SMILES string of the molecule is CCOc1cccc2c1[nH]c(=S)n2CCCC1CC1. The van der Waals surface area contributed by atoms with Crippen molar-refractivity contribution in [3.63, 3.8) is 0 Å². The van der Waals surface area contributed by atoms with Gasteiger partial charge in [-0.25, -0.2) is 0 Å². The second-order valence-electron chi connectivity index (χ2n) is 5.25. The Bertz CT molecular complexity index is 625. The lowest BCUT2D eigenvalue weighted by atomic mass is 10.2. The van der Waals surface area contributed by atoms with E-state index in [1.807, 2.05) is 19.1 Å². The minimum atomic E-state index is 0.673. The average molecular weight is 276 g/mol. The number of ether oxygens (including phenoxy) is 1. The Morgan fingerprint density at radius 3 is 3.00 bits per heavy atom. The van der Waals surface area contributed by atoms with E-state index < -0.39 is 0 Å². The quantitative estimate of drug-likeness (QED) is 0.798. The van der Waals surface area contributed by atoms with Gasteiger partial charge in [0, 0.05) is 6.54 Å². The number of nitrogens with one attached hydrogen (secondary N) is 1. The first kappa shape index (κ1) is 12.7. The lowest BCUT2D eigenvalue weighted by molar-refractivity contribution is 0.343. The number of aromatic amines is 1. The molecule has 2 aromatic rings. The van der Waals surface area contributed by atoms with E-state index in [-0.39, 0.29) is 0 Å². The zero-order valence-electron chi connectivity index (χ0n) is 11.3. The Labute approximate surface area is 118 Å². The van der Waals surface area contributed by atoms with Gasteiger partial charge in [0.15, 0.2) is 4.77 Å². The normalized spacial score (nSPS) is 15.0. The highest BCUT2D eigenvalue weighted by atomic mass is 32.1. The lowest BCUT2D eigenvalue weighted by Gasteiger charge is -2.06. The van der Waals surface area contributed by atoms with Crippen molar-refractivity contribution >= 4 is 23.3 Å². The van der Waals surface area contributed by atoms with Crippen LogP contribution in [0.25, 0.3) is 11.0 Å². The third-order valence-corrected chi connectivity index (χ3v) is 4.09. The number of aryl methyl sites for hydroxylation is 1. The van der Waals surface area contributed by atoms with Crippen LogP contribution >= 0.6 is 12.2 Å². The number of nitrogens with zero attached hydrogens (tertiary/aromatic N) is 1. The average Bonchev–Trinajstić information content (AvgIpc) is 3.16. The molecule has 0 unspecified atom stereocenters. The minimum Gasteiger partial charge on any atom is -0.492 e. The molecular weight excluding hydrogens is 256 g/mol. The number of H-pyrrole nitrogens is 1. The topological polar surface area (TPSA) is 29.9 Å². The summed E-state index contributed by atoms with van der Waals surface area (Å²) in [4.78, 5) is 3.29. The van der Waals surface area contributed by atoms with Crippen LogP contribution in [-0.2, 0) is 6.54 Å². The summed E-state index contributed by atoms with van der Waals surface area (Å²) in [7, 11) is 0. The molecule has 1 aromatic carbocycles. The molecule has 0 saturated heterocycles. The number of para-hydroxylation sites is 1. The molecule has 1 N–H and O–H groups in total. The molecule has 1 saturated carbocycles. The first-order valence-electron chi connectivity index (χ1n) is 7.14. The third-order valence-electron chi connectivity index (χ3n) is 3.76. The molecule has 0 bridgehead atoms. The van der Waals surface area contributed by atoms with Gasteiger partial charge >= 0.3 is 0 Å². The first-order chi connectivity index (χ1) is 9.29. The Kier molecular flexibility index (Phi) is 3.60. The highest BCUT2D eigenvalue weighted by Gasteiger charge is 2.20. The van der Waals surface area contributed by atoms with Crippen LogP contribution in [-0.4, -0.2) is 16.2 Å². The molecule has 4 heteroatoms. The summed E-state index contributed by atoms with van der Waals surface area (Å²) in [6.07, 6.45) is 5.39. The van der Waals surface area contributed by atoms with Crippen molar-refractivity contribution in [3.8, 4) is 5.75 Å². The van der Waals surface area contributed by atoms with Crippen LogP contribution in [0.1, 0.15) is 32.6 Å². The van der Waals surface area contributed by atoms with Crippen molar-refractivity contribution in [3.05, 3.63) is 23.0 Å². The molecule has 0 amide bonds. The number of fused-ring (bicyclic) bond motifs is 1. The molecule has 3 nitrogen and oxygen atoms in total. The summed E-state index contributed by atoms with van der Waals surface area (Å²) in [5.41, 5.74) is 2.19. The second-order valence-corrected chi connectivity index (χ2v) is 5.64. The number of aromatic nitrogens is 2. The van der Waals surface area contributed by atoms with E-state index in [0.717, 1.165) is 34.0 Å². The molecular formula is C15H20N2OS. The summed E-state index contributed by atoms with van der Waals surface area (Å²) in [5, 5.41) is 0. The number of rotatable bonds is 6. The Morgan fingerprint density at radius 2 is 2.26 bits per heavy atom. The predicted octanol–water partition coefficient (Wildman–Crippen LogP) is 4.29. The molecule has 19 heavy (non-hydrogen) atoms. The standard InChI is InChI=1S/C15H20N2OS/c1-2-18-13-7-3-6-12-14(13)16-15(19)17(12)10-4-5-11-8-9-11/h3,6-7,11H,2,4-5,8-10H2,1H3,(H,16,19). The third kappa shape index (κ3) is 2.68. The van der Waals surface area contributed by atoms with Crippen LogP contribution in [0, 0.1) is 10.7 Å². The van der Waals surface area contributed by atoms with Crippen LogP contribution in [0.15, 0.2) is 18.2 Å². The van der Waals surface area contributed by atoms with E-state index in [9.17, 15) is 0 Å². The van der Waals surface area contributed by atoms with Crippen molar-refractivity contribution in [2.24, 2.45) is 5.92 Å². The van der Waals surface area contributed by atoms with Gasteiger partial charge in [-0.05, 0) is 50.0 Å². The molecule has 1 fully saturated rings. The van der Waals surface area contributed by atoms with Crippen molar-refractivity contribution < 1.29 is 4.74 Å². The zero-order chi connectivity index (χ0) is 13.2. The summed E-state index contributed by atoms with van der Waals surface area (Å²) in [6.45, 7) is 3.68. The van der Waals surface area contributed by atoms with E-state index in [1.165, 1.54) is 25.7 Å². The van der Waals surface area contributed by atoms with E-state index in [4.69, 9.17) is 17.0 Å². The van der Waals surface area contributed by atoms with E-state index in [1.54, 1.807) is 0 Å². The summed E-state index contributed by atoms with van der Waals surface area (Å²) >= 11 is 5.44. The zero-order valence-corrected chi connectivity index (χ0v) is 12.1. The maximum atomic E-state index is 5.65. The van der Waals surface area contributed by atoms with Crippen LogP contribution in [0.3, 0.4) is 0 Å². The molecule has 0 aliphatic heterocycles. The number of hydrogen-bond acceptors (Lipinski definition) is 2. The molecule has 1 heterocycles. The monoisotopic (exact) mass is 276 g/mol. The summed E-state index contributed by atoms with van der Waals surface area (Å²) < 4.78 is 8.66. The van der Waals surface area contributed by atoms with Gasteiger partial charge in [-0.15, -0.1) is 0 Å². The Balaban J connectivity index is 1.87. The first-order valence-corrected chi connectivity index (χ1v) is 7.54. The van der Waals surface area contributed by atoms with Crippen molar-refractivity contribution in [2.75, 3.05) is 6.61 Å². The molecule has 1 aromatic heterocycles. The van der Waals surface area contributed by atoms with Crippen molar-refractivity contribution in [1.82, 2.24) is 9.55 Å².